The van der Waals surface area contributed by atoms with Crippen molar-refractivity contribution in [3.05, 3.63) is 57.6 Å². The molecule has 30 heavy (non-hydrogen) atoms. The van der Waals surface area contributed by atoms with Crippen molar-refractivity contribution in [2.45, 2.75) is 20.8 Å². The van der Waals surface area contributed by atoms with Crippen LogP contribution >= 0.6 is 0 Å². The van der Waals surface area contributed by atoms with Crippen molar-refractivity contribution in [1.29, 1.82) is 0 Å². The van der Waals surface area contributed by atoms with Crippen LogP contribution in [0, 0.1) is 20.8 Å². The molecule has 1 aromatic carbocycles. The zero-order valence-corrected chi connectivity index (χ0v) is 17.1. The SMILES string of the molecule is COCC(=O)Nc1cc(C)nn1-c1nc2c(cnn2-c2ccc(C)c(C)c2)c(=O)[nH]1. The molecule has 0 aliphatic carbocycles. The van der Waals surface area contributed by atoms with Gasteiger partial charge < -0.3 is 10.1 Å². The van der Waals surface area contributed by atoms with Crippen LogP contribution in [0.4, 0.5) is 5.82 Å². The number of H-pyrrole nitrogens is 1. The van der Waals surface area contributed by atoms with Crippen LogP contribution in [0.1, 0.15) is 16.8 Å². The third kappa shape index (κ3) is 3.48. The number of carbonyl (C=O) groups excluding carboxylic acids is 1. The van der Waals surface area contributed by atoms with Gasteiger partial charge in [0, 0.05) is 13.2 Å². The Kier molecular flexibility index (Phi) is 4.92. The smallest absolute Gasteiger partial charge is 0.263 e. The van der Waals surface area contributed by atoms with E-state index in [0.717, 1.165) is 16.8 Å². The molecular formula is C20H21N7O3. The van der Waals surface area contributed by atoms with E-state index in [2.05, 4.69) is 25.5 Å². The molecule has 2 N–H and O–H groups in total. The van der Waals surface area contributed by atoms with Crippen LogP contribution in [0.15, 0.2) is 35.3 Å². The molecule has 0 saturated heterocycles. The van der Waals surface area contributed by atoms with Gasteiger partial charge in [0.2, 0.25) is 5.95 Å². The van der Waals surface area contributed by atoms with Gasteiger partial charge in [-0.25, -0.2) is 4.68 Å². The van der Waals surface area contributed by atoms with Gasteiger partial charge in [-0.1, -0.05) is 6.07 Å². The van der Waals surface area contributed by atoms with Crippen molar-refractivity contribution < 1.29 is 9.53 Å². The summed E-state index contributed by atoms with van der Waals surface area (Å²) in [6.45, 7) is 5.71. The molecule has 10 heteroatoms. The monoisotopic (exact) mass is 407 g/mol. The lowest BCUT2D eigenvalue weighted by atomic mass is 10.1. The van der Waals surface area contributed by atoms with E-state index in [4.69, 9.17) is 4.74 Å². The molecule has 0 unspecified atom stereocenters. The van der Waals surface area contributed by atoms with Gasteiger partial charge in [0.25, 0.3) is 11.5 Å². The van der Waals surface area contributed by atoms with Crippen molar-refractivity contribution in [2.24, 2.45) is 0 Å². The number of ether oxygens (including phenoxy) is 1. The highest BCUT2D eigenvalue weighted by molar-refractivity contribution is 5.91. The Labute approximate surface area is 171 Å². The van der Waals surface area contributed by atoms with Crippen LogP contribution in [-0.4, -0.2) is 49.2 Å². The summed E-state index contributed by atoms with van der Waals surface area (Å²) in [6.07, 6.45) is 1.48. The normalized spacial score (nSPS) is 11.2. The molecule has 0 saturated carbocycles. The number of nitrogens with one attached hydrogen (secondary N) is 2. The second-order valence-corrected chi connectivity index (χ2v) is 7.02. The van der Waals surface area contributed by atoms with E-state index in [1.54, 1.807) is 17.7 Å². The highest BCUT2D eigenvalue weighted by Crippen LogP contribution is 2.19. The van der Waals surface area contributed by atoms with E-state index in [1.807, 2.05) is 32.0 Å². The second kappa shape index (κ2) is 7.56. The molecule has 0 radical (unpaired) electrons. The zero-order chi connectivity index (χ0) is 21.4. The molecule has 0 aliphatic rings. The first kappa shape index (κ1) is 19.5. The van der Waals surface area contributed by atoms with Gasteiger partial charge in [0.1, 0.15) is 17.8 Å². The molecule has 3 heterocycles. The number of aromatic amines is 1. The summed E-state index contributed by atoms with van der Waals surface area (Å²) in [5.41, 5.74) is 3.74. The summed E-state index contributed by atoms with van der Waals surface area (Å²) in [6, 6.07) is 7.58. The Bertz CT molecular complexity index is 1320. The second-order valence-electron chi connectivity index (χ2n) is 7.02. The van der Waals surface area contributed by atoms with Crippen LogP contribution in [0.3, 0.4) is 0 Å². The van der Waals surface area contributed by atoms with Crippen LogP contribution in [-0.2, 0) is 9.53 Å². The van der Waals surface area contributed by atoms with Gasteiger partial charge in [0.05, 0.1) is 17.6 Å². The van der Waals surface area contributed by atoms with E-state index in [-0.39, 0.29) is 24.0 Å². The number of fused-ring (bicyclic) bond motifs is 1. The molecule has 0 spiro atoms. The number of benzene rings is 1. The van der Waals surface area contributed by atoms with Gasteiger partial charge in [-0.05, 0) is 44.0 Å². The van der Waals surface area contributed by atoms with E-state index < -0.39 is 0 Å². The number of hydrogen-bond acceptors (Lipinski definition) is 6. The van der Waals surface area contributed by atoms with Crippen LogP contribution in [0.25, 0.3) is 22.7 Å². The fourth-order valence-corrected chi connectivity index (χ4v) is 3.11. The standard InChI is InChI=1S/C20H21N7O3/c1-11-5-6-14(7-12(11)2)26-18-15(9-21-26)19(29)24-20(23-18)27-16(8-13(3)25-27)22-17(28)10-30-4/h5-9H,10H2,1-4H3,(H,22,28)(H,23,24,29). The minimum absolute atomic E-state index is 0.104. The number of carbonyl (C=O) groups is 1. The zero-order valence-electron chi connectivity index (χ0n) is 17.1. The Balaban J connectivity index is 1.85. The lowest BCUT2D eigenvalue weighted by molar-refractivity contribution is -0.119. The molecule has 0 atom stereocenters. The number of aromatic nitrogens is 6. The fraction of sp³-hybridized carbons (Fsp3) is 0.250. The maximum Gasteiger partial charge on any atom is 0.263 e. The van der Waals surface area contributed by atoms with E-state index in [9.17, 15) is 9.59 Å². The van der Waals surface area contributed by atoms with E-state index in [0.29, 0.717) is 22.5 Å². The average Bonchev–Trinajstić information content (AvgIpc) is 3.28. The number of rotatable bonds is 5. The molecule has 1 amide bonds. The number of anilines is 1. The van der Waals surface area contributed by atoms with Crippen molar-refractivity contribution in [3.8, 4) is 11.6 Å². The number of amides is 1. The molecule has 4 rings (SSSR count). The number of aryl methyl sites for hydroxylation is 3. The van der Waals surface area contributed by atoms with Crippen molar-refractivity contribution in [1.82, 2.24) is 29.5 Å². The van der Waals surface area contributed by atoms with E-state index >= 15 is 0 Å². The molecule has 3 aromatic heterocycles. The quantitative estimate of drug-likeness (QED) is 0.521. The van der Waals surface area contributed by atoms with E-state index in [1.165, 1.54) is 18.0 Å². The summed E-state index contributed by atoms with van der Waals surface area (Å²) in [5, 5.41) is 11.8. The van der Waals surface area contributed by atoms with Gasteiger partial charge in [0.15, 0.2) is 5.65 Å². The molecule has 10 nitrogen and oxygen atoms in total. The minimum Gasteiger partial charge on any atom is -0.375 e. The maximum atomic E-state index is 12.7. The topological polar surface area (TPSA) is 120 Å². The van der Waals surface area contributed by atoms with Crippen molar-refractivity contribution >= 4 is 22.8 Å². The molecule has 4 aromatic rings. The Hall–Kier alpha value is -3.79. The van der Waals surface area contributed by atoms with Crippen LogP contribution < -0.4 is 10.9 Å². The summed E-state index contributed by atoms with van der Waals surface area (Å²) in [5.74, 6) is 0.190. The lowest BCUT2D eigenvalue weighted by Gasteiger charge is -2.09. The molecule has 0 fully saturated rings. The van der Waals surface area contributed by atoms with Crippen LogP contribution in [0.2, 0.25) is 0 Å². The van der Waals surface area contributed by atoms with Crippen molar-refractivity contribution in [2.75, 3.05) is 19.0 Å². The highest BCUT2D eigenvalue weighted by Gasteiger charge is 2.17. The fourth-order valence-electron chi connectivity index (χ4n) is 3.11. The number of hydrogen-bond donors (Lipinski definition) is 2. The predicted molar refractivity (Wildman–Crippen MR) is 111 cm³/mol. The number of nitrogens with zero attached hydrogens (tertiary/aromatic N) is 5. The molecule has 0 bridgehead atoms. The van der Waals surface area contributed by atoms with Gasteiger partial charge in [-0.2, -0.15) is 19.9 Å². The molecule has 0 aliphatic heterocycles. The Morgan fingerprint density at radius 1 is 1.17 bits per heavy atom. The summed E-state index contributed by atoms with van der Waals surface area (Å²) in [4.78, 5) is 31.9. The first-order valence-electron chi connectivity index (χ1n) is 9.29. The molecule has 154 valence electrons. The van der Waals surface area contributed by atoms with Crippen LogP contribution in [0.5, 0.6) is 0 Å². The summed E-state index contributed by atoms with van der Waals surface area (Å²) in [7, 11) is 1.43. The Morgan fingerprint density at radius 2 is 1.97 bits per heavy atom. The minimum atomic E-state index is -0.354. The number of methoxy groups -OCH3 is 1. The first-order valence-corrected chi connectivity index (χ1v) is 9.29. The maximum absolute atomic E-state index is 12.7. The van der Waals surface area contributed by atoms with Gasteiger partial charge in [-0.3, -0.25) is 14.6 Å². The Morgan fingerprint density at radius 3 is 2.70 bits per heavy atom. The third-order valence-corrected chi connectivity index (χ3v) is 4.74. The summed E-state index contributed by atoms with van der Waals surface area (Å²) < 4.78 is 7.84. The largest absolute Gasteiger partial charge is 0.375 e. The first-order chi connectivity index (χ1) is 14.4. The predicted octanol–water partition coefficient (Wildman–Crippen LogP) is 1.80. The van der Waals surface area contributed by atoms with Gasteiger partial charge in [-0.15, -0.1) is 0 Å². The lowest BCUT2D eigenvalue weighted by Crippen LogP contribution is -2.21. The van der Waals surface area contributed by atoms with Crippen molar-refractivity contribution in [3.63, 3.8) is 0 Å². The average molecular weight is 407 g/mol. The van der Waals surface area contributed by atoms with Gasteiger partial charge >= 0.3 is 0 Å². The summed E-state index contributed by atoms with van der Waals surface area (Å²) >= 11 is 0. The highest BCUT2D eigenvalue weighted by atomic mass is 16.5. The third-order valence-electron chi connectivity index (χ3n) is 4.74. The molecular weight excluding hydrogens is 386 g/mol.